The number of hydrogen-bond acceptors (Lipinski definition) is 4. The SMILES string of the molecule is Cc1ccc(Cc2cnc(NC(=O)C(C)N)s2)cc1Cl. The number of rotatable bonds is 4. The summed E-state index contributed by atoms with van der Waals surface area (Å²) in [6.07, 6.45) is 2.50. The quantitative estimate of drug-likeness (QED) is 0.912. The van der Waals surface area contributed by atoms with Crippen molar-refractivity contribution in [3.8, 4) is 0 Å². The molecule has 0 fully saturated rings. The normalized spacial score (nSPS) is 12.2. The number of hydrogen-bond donors (Lipinski definition) is 2. The maximum atomic E-state index is 11.5. The highest BCUT2D eigenvalue weighted by Crippen LogP contribution is 2.23. The summed E-state index contributed by atoms with van der Waals surface area (Å²) < 4.78 is 0. The molecule has 0 spiro atoms. The summed E-state index contributed by atoms with van der Waals surface area (Å²) in [5.74, 6) is -0.232. The topological polar surface area (TPSA) is 68.0 Å². The third kappa shape index (κ3) is 3.79. The Morgan fingerprint density at radius 3 is 2.95 bits per heavy atom. The molecule has 1 amide bonds. The van der Waals surface area contributed by atoms with Gasteiger partial charge < -0.3 is 11.1 Å². The van der Waals surface area contributed by atoms with Gasteiger partial charge in [-0.2, -0.15) is 0 Å². The van der Waals surface area contributed by atoms with E-state index in [0.717, 1.165) is 27.4 Å². The average Bonchev–Trinajstić information content (AvgIpc) is 2.81. The van der Waals surface area contributed by atoms with E-state index in [9.17, 15) is 4.79 Å². The number of amides is 1. The van der Waals surface area contributed by atoms with Gasteiger partial charge in [-0.25, -0.2) is 4.98 Å². The predicted octanol–water partition coefficient (Wildman–Crippen LogP) is 2.98. The molecule has 0 radical (unpaired) electrons. The number of benzene rings is 1. The highest BCUT2D eigenvalue weighted by molar-refractivity contribution is 7.15. The van der Waals surface area contributed by atoms with E-state index in [0.29, 0.717) is 5.13 Å². The summed E-state index contributed by atoms with van der Waals surface area (Å²) in [4.78, 5) is 16.7. The van der Waals surface area contributed by atoms with E-state index in [4.69, 9.17) is 17.3 Å². The zero-order valence-electron chi connectivity index (χ0n) is 11.3. The fourth-order valence-electron chi connectivity index (χ4n) is 1.61. The molecule has 1 atom stereocenters. The van der Waals surface area contributed by atoms with Gasteiger partial charge in [0.1, 0.15) is 0 Å². The molecule has 1 aromatic heterocycles. The number of thiazole rings is 1. The van der Waals surface area contributed by atoms with Gasteiger partial charge in [0, 0.05) is 22.5 Å². The molecule has 0 saturated heterocycles. The number of anilines is 1. The Kier molecular flexibility index (Phi) is 4.75. The number of carbonyl (C=O) groups is 1. The van der Waals surface area contributed by atoms with Crippen molar-refractivity contribution in [2.75, 3.05) is 5.32 Å². The van der Waals surface area contributed by atoms with Crippen LogP contribution < -0.4 is 11.1 Å². The van der Waals surface area contributed by atoms with Crippen molar-refractivity contribution in [1.82, 2.24) is 4.98 Å². The monoisotopic (exact) mass is 309 g/mol. The van der Waals surface area contributed by atoms with Gasteiger partial charge in [0.25, 0.3) is 0 Å². The number of aryl methyl sites for hydroxylation is 1. The summed E-state index contributed by atoms with van der Waals surface area (Å²) in [6.45, 7) is 3.61. The lowest BCUT2D eigenvalue weighted by atomic mass is 10.1. The number of nitrogens with two attached hydrogens (primary N) is 1. The van der Waals surface area contributed by atoms with Crippen LogP contribution in [-0.4, -0.2) is 16.9 Å². The van der Waals surface area contributed by atoms with Crippen molar-refractivity contribution in [2.45, 2.75) is 26.3 Å². The van der Waals surface area contributed by atoms with Crippen molar-refractivity contribution in [3.63, 3.8) is 0 Å². The third-order valence-electron chi connectivity index (χ3n) is 2.81. The van der Waals surface area contributed by atoms with E-state index in [-0.39, 0.29) is 5.91 Å². The standard InChI is InChI=1S/C14H16ClN3OS/c1-8-3-4-10(6-12(8)15)5-11-7-17-14(20-11)18-13(19)9(2)16/h3-4,6-7,9H,5,16H2,1-2H3,(H,17,18,19). The molecule has 6 heteroatoms. The molecular weight excluding hydrogens is 294 g/mol. The zero-order chi connectivity index (χ0) is 14.7. The molecule has 1 aromatic carbocycles. The van der Waals surface area contributed by atoms with Crippen molar-refractivity contribution in [2.24, 2.45) is 5.73 Å². The van der Waals surface area contributed by atoms with Gasteiger partial charge in [-0.1, -0.05) is 23.7 Å². The molecular formula is C14H16ClN3OS. The Bertz CT molecular complexity index is 625. The first-order valence-corrected chi connectivity index (χ1v) is 7.41. The van der Waals surface area contributed by atoms with Crippen LogP contribution >= 0.6 is 22.9 Å². The van der Waals surface area contributed by atoms with E-state index >= 15 is 0 Å². The second-order valence-corrected chi connectivity index (χ2v) is 6.19. The van der Waals surface area contributed by atoms with Gasteiger partial charge in [-0.05, 0) is 31.0 Å². The maximum absolute atomic E-state index is 11.5. The summed E-state index contributed by atoms with van der Waals surface area (Å²) in [6, 6.07) is 5.45. The molecule has 2 aromatic rings. The lowest BCUT2D eigenvalue weighted by Crippen LogP contribution is -2.32. The van der Waals surface area contributed by atoms with Crippen LogP contribution in [0.4, 0.5) is 5.13 Å². The fraction of sp³-hybridized carbons (Fsp3) is 0.286. The van der Waals surface area contributed by atoms with Crippen LogP contribution in [0.5, 0.6) is 0 Å². The van der Waals surface area contributed by atoms with Gasteiger partial charge >= 0.3 is 0 Å². The Morgan fingerprint density at radius 2 is 2.30 bits per heavy atom. The summed E-state index contributed by atoms with van der Waals surface area (Å²) in [7, 11) is 0. The minimum Gasteiger partial charge on any atom is -0.320 e. The molecule has 0 saturated carbocycles. The molecule has 2 rings (SSSR count). The molecule has 0 bridgehead atoms. The largest absolute Gasteiger partial charge is 0.320 e. The summed E-state index contributed by atoms with van der Waals surface area (Å²) in [5, 5.41) is 4.02. The summed E-state index contributed by atoms with van der Waals surface area (Å²) >= 11 is 7.55. The Morgan fingerprint density at radius 1 is 1.55 bits per heavy atom. The van der Waals surface area contributed by atoms with Crippen LogP contribution in [-0.2, 0) is 11.2 Å². The van der Waals surface area contributed by atoms with E-state index in [1.165, 1.54) is 11.3 Å². The Balaban J connectivity index is 2.05. The molecule has 106 valence electrons. The molecule has 0 aliphatic rings. The number of nitrogens with zero attached hydrogens (tertiary/aromatic N) is 1. The highest BCUT2D eigenvalue weighted by Gasteiger charge is 2.10. The lowest BCUT2D eigenvalue weighted by molar-refractivity contribution is -0.117. The summed E-state index contributed by atoms with van der Waals surface area (Å²) in [5.41, 5.74) is 7.67. The fourth-order valence-corrected chi connectivity index (χ4v) is 2.67. The minimum atomic E-state index is -0.543. The smallest absolute Gasteiger partial charge is 0.242 e. The first-order valence-electron chi connectivity index (χ1n) is 6.22. The van der Waals surface area contributed by atoms with Crippen LogP contribution in [0.3, 0.4) is 0 Å². The average molecular weight is 310 g/mol. The van der Waals surface area contributed by atoms with Crippen molar-refractivity contribution < 1.29 is 4.79 Å². The molecule has 1 heterocycles. The number of nitrogens with one attached hydrogen (secondary N) is 1. The number of carbonyl (C=O) groups excluding carboxylic acids is 1. The Labute approximate surface area is 127 Å². The van der Waals surface area contributed by atoms with Gasteiger partial charge in [0.05, 0.1) is 6.04 Å². The van der Waals surface area contributed by atoms with Gasteiger partial charge in [-0.3, -0.25) is 4.79 Å². The first-order chi connectivity index (χ1) is 9.45. The van der Waals surface area contributed by atoms with Crippen molar-refractivity contribution >= 4 is 34.0 Å². The van der Waals surface area contributed by atoms with Crippen LogP contribution in [0.25, 0.3) is 0 Å². The van der Waals surface area contributed by atoms with Crippen LogP contribution in [0.2, 0.25) is 5.02 Å². The Hall–Kier alpha value is -1.43. The second kappa shape index (κ2) is 6.35. The lowest BCUT2D eigenvalue weighted by Gasteiger charge is -2.03. The van der Waals surface area contributed by atoms with Crippen molar-refractivity contribution in [3.05, 3.63) is 45.4 Å². The van der Waals surface area contributed by atoms with Gasteiger partial charge in [0.15, 0.2) is 5.13 Å². The molecule has 4 nitrogen and oxygen atoms in total. The van der Waals surface area contributed by atoms with E-state index < -0.39 is 6.04 Å². The molecule has 0 aliphatic heterocycles. The van der Waals surface area contributed by atoms with Gasteiger partial charge in [-0.15, -0.1) is 11.3 Å². The maximum Gasteiger partial charge on any atom is 0.242 e. The van der Waals surface area contributed by atoms with Crippen molar-refractivity contribution in [1.29, 1.82) is 0 Å². The number of aromatic nitrogens is 1. The zero-order valence-corrected chi connectivity index (χ0v) is 12.9. The van der Waals surface area contributed by atoms with Crippen LogP contribution in [0.15, 0.2) is 24.4 Å². The van der Waals surface area contributed by atoms with Crippen LogP contribution in [0.1, 0.15) is 22.9 Å². The molecule has 3 N–H and O–H groups in total. The van der Waals surface area contributed by atoms with E-state index in [2.05, 4.69) is 10.3 Å². The van der Waals surface area contributed by atoms with E-state index in [1.807, 2.05) is 25.1 Å². The number of halogens is 1. The second-order valence-electron chi connectivity index (χ2n) is 4.67. The predicted molar refractivity (Wildman–Crippen MR) is 83.4 cm³/mol. The van der Waals surface area contributed by atoms with E-state index in [1.54, 1.807) is 13.1 Å². The van der Waals surface area contributed by atoms with Crippen LogP contribution in [0, 0.1) is 6.92 Å². The first kappa shape index (κ1) is 15.0. The van der Waals surface area contributed by atoms with Gasteiger partial charge in [0.2, 0.25) is 5.91 Å². The highest BCUT2D eigenvalue weighted by atomic mass is 35.5. The molecule has 1 unspecified atom stereocenters. The molecule has 20 heavy (non-hydrogen) atoms. The minimum absolute atomic E-state index is 0.232. The third-order valence-corrected chi connectivity index (χ3v) is 4.13. The molecule has 0 aliphatic carbocycles.